The monoisotopic (exact) mass is 565 g/mol. The number of oxazole rings is 1. The van der Waals surface area contributed by atoms with E-state index in [-0.39, 0.29) is 23.9 Å². The molecule has 204 valence electrons. The fraction of sp³-hybridized carbons (Fsp3) is 0.143. The number of carbonyl (C=O) groups is 1. The van der Waals surface area contributed by atoms with Crippen molar-refractivity contribution in [2.45, 2.75) is 23.6 Å². The molecule has 0 saturated carbocycles. The number of methoxy groups -OCH3 is 1. The van der Waals surface area contributed by atoms with Gasteiger partial charge in [0.15, 0.2) is 16.7 Å². The van der Waals surface area contributed by atoms with Crippen LogP contribution in [-0.4, -0.2) is 32.8 Å². The molecule has 0 unspecified atom stereocenters. The largest absolute Gasteiger partial charge is 0.497 e. The Balaban J connectivity index is 1.29. The third kappa shape index (κ3) is 6.18. The molecule has 0 radical (unpaired) electrons. The second-order valence-electron chi connectivity index (χ2n) is 8.51. The molecule has 0 bridgehead atoms. The maximum absolute atomic E-state index is 12.9. The molecule has 3 aromatic carbocycles. The van der Waals surface area contributed by atoms with Gasteiger partial charge in [-0.15, -0.1) is 10.2 Å². The molecule has 0 aliphatic heterocycles. The summed E-state index contributed by atoms with van der Waals surface area (Å²) in [6.45, 7) is -0.0904. The van der Waals surface area contributed by atoms with E-state index < -0.39 is 17.6 Å². The van der Waals surface area contributed by atoms with Gasteiger partial charge in [-0.25, -0.2) is 4.98 Å². The lowest BCUT2D eigenvalue weighted by Gasteiger charge is -2.10. The van der Waals surface area contributed by atoms with Crippen LogP contribution in [0.15, 0.2) is 94.7 Å². The molecule has 0 aliphatic carbocycles. The van der Waals surface area contributed by atoms with Crippen LogP contribution >= 0.6 is 11.8 Å². The summed E-state index contributed by atoms with van der Waals surface area (Å²) < 4.78 is 51.6. The molecule has 2 heterocycles. The Morgan fingerprint density at radius 3 is 2.60 bits per heavy atom. The summed E-state index contributed by atoms with van der Waals surface area (Å²) in [5.41, 5.74) is 1.23. The lowest BCUT2D eigenvalue weighted by molar-refractivity contribution is -0.137. The smallest absolute Gasteiger partial charge is 0.416 e. The number of ether oxygens (including phenoxy) is 1. The predicted molar refractivity (Wildman–Crippen MR) is 142 cm³/mol. The lowest BCUT2D eigenvalue weighted by Crippen LogP contribution is -2.23. The minimum atomic E-state index is -4.46. The third-order valence-corrected chi connectivity index (χ3v) is 6.71. The number of nitrogens with zero attached hydrogens (tertiary/aromatic N) is 4. The maximum atomic E-state index is 12.9. The summed E-state index contributed by atoms with van der Waals surface area (Å²) in [6.07, 6.45) is -3.25. The quantitative estimate of drug-likeness (QED) is 0.214. The minimum absolute atomic E-state index is 0.0178. The van der Waals surface area contributed by atoms with Crippen LogP contribution in [0.4, 0.5) is 13.2 Å². The zero-order valence-electron chi connectivity index (χ0n) is 21.1. The van der Waals surface area contributed by atoms with E-state index in [1.165, 1.54) is 30.2 Å². The fourth-order valence-corrected chi connectivity index (χ4v) is 4.67. The first-order valence-electron chi connectivity index (χ1n) is 12.0. The molecule has 5 rings (SSSR count). The Bertz CT molecular complexity index is 1620. The van der Waals surface area contributed by atoms with Gasteiger partial charge in [0.1, 0.15) is 12.0 Å². The van der Waals surface area contributed by atoms with Gasteiger partial charge in [0.25, 0.3) is 5.91 Å². The van der Waals surface area contributed by atoms with E-state index in [0.29, 0.717) is 22.3 Å². The standard InChI is InChI=1S/C28H22F3N5O3S/c1-38-22-12-6-8-19(14-22)25-34-35-27(36(25)21-10-3-2-4-11-21)40-17-24-33-23(16-39-24)26(37)32-15-18-7-5-9-20(13-18)28(29,30)31/h2-14,16H,15,17H2,1H3,(H,32,37). The number of amides is 1. The van der Waals surface area contributed by atoms with Crippen molar-refractivity contribution >= 4 is 17.7 Å². The van der Waals surface area contributed by atoms with E-state index in [9.17, 15) is 18.0 Å². The third-order valence-electron chi connectivity index (χ3n) is 5.79. The average Bonchev–Trinajstić information content (AvgIpc) is 3.62. The van der Waals surface area contributed by atoms with Crippen LogP contribution in [-0.2, 0) is 18.5 Å². The van der Waals surface area contributed by atoms with Crippen LogP contribution in [0.3, 0.4) is 0 Å². The number of hydrogen-bond acceptors (Lipinski definition) is 7. The molecule has 8 nitrogen and oxygen atoms in total. The Labute approximate surface area is 231 Å². The van der Waals surface area contributed by atoms with Crippen molar-refractivity contribution in [1.29, 1.82) is 0 Å². The number of nitrogens with one attached hydrogen (secondary N) is 1. The number of thioether (sulfide) groups is 1. The van der Waals surface area contributed by atoms with Crippen molar-refractivity contribution in [2.75, 3.05) is 7.11 Å². The lowest BCUT2D eigenvalue weighted by atomic mass is 10.1. The van der Waals surface area contributed by atoms with Crippen LogP contribution in [0.5, 0.6) is 5.75 Å². The second-order valence-corrected chi connectivity index (χ2v) is 9.45. The summed E-state index contributed by atoms with van der Waals surface area (Å²) in [5.74, 6) is 1.27. The molecular formula is C28H22F3N5O3S. The fourth-order valence-electron chi connectivity index (χ4n) is 3.86. The van der Waals surface area contributed by atoms with Crippen LogP contribution in [0.2, 0.25) is 0 Å². The van der Waals surface area contributed by atoms with Gasteiger partial charge in [-0.3, -0.25) is 9.36 Å². The molecule has 2 aromatic heterocycles. The zero-order chi connectivity index (χ0) is 28.1. The molecule has 5 aromatic rings. The van der Waals surface area contributed by atoms with Gasteiger partial charge in [-0.1, -0.05) is 54.2 Å². The van der Waals surface area contributed by atoms with Crippen molar-refractivity contribution < 1.29 is 27.1 Å². The number of para-hydroxylation sites is 1. The molecular weight excluding hydrogens is 543 g/mol. The summed E-state index contributed by atoms with van der Waals surface area (Å²) >= 11 is 1.32. The summed E-state index contributed by atoms with van der Waals surface area (Å²) in [4.78, 5) is 16.8. The number of hydrogen-bond donors (Lipinski definition) is 1. The van der Waals surface area contributed by atoms with Gasteiger partial charge in [0.2, 0.25) is 5.89 Å². The molecule has 1 amide bonds. The van der Waals surface area contributed by atoms with Gasteiger partial charge < -0.3 is 14.5 Å². The normalized spacial score (nSPS) is 11.4. The van der Waals surface area contributed by atoms with E-state index in [1.807, 2.05) is 59.2 Å². The molecule has 0 fully saturated rings. The molecule has 0 saturated heterocycles. The zero-order valence-corrected chi connectivity index (χ0v) is 21.9. The van der Waals surface area contributed by atoms with Crippen molar-refractivity contribution in [2.24, 2.45) is 0 Å². The van der Waals surface area contributed by atoms with Crippen LogP contribution < -0.4 is 10.1 Å². The number of benzene rings is 3. The Kier molecular flexibility index (Phi) is 7.87. The molecule has 0 spiro atoms. The summed E-state index contributed by atoms with van der Waals surface area (Å²) in [5, 5.41) is 11.9. The number of aromatic nitrogens is 4. The van der Waals surface area contributed by atoms with E-state index in [1.54, 1.807) is 7.11 Å². The Morgan fingerprint density at radius 1 is 1.02 bits per heavy atom. The van der Waals surface area contributed by atoms with E-state index >= 15 is 0 Å². The van der Waals surface area contributed by atoms with E-state index in [4.69, 9.17) is 9.15 Å². The van der Waals surface area contributed by atoms with Crippen molar-refractivity contribution in [3.8, 4) is 22.8 Å². The second kappa shape index (κ2) is 11.7. The van der Waals surface area contributed by atoms with Crippen molar-refractivity contribution in [1.82, 2.24) is 25.1 Å². The van der Waals surface area contributed by atoms with Crippen LogP contribution in [0, 0.1) is 0 Å². The number of halogens is 3. The Hall–Kier alpha value is -4.58. The molecule has 1 N–H and O–H groups in total. The molecule has 12 heteroatoms. The highest BCUT2D eigenvalue weighted by Crippen LogP contribution is 2.31. The average molecular weight is 566 g/mol. The van der Waals surface area contributed by atoms with Crippen molar-refractivity contribution in [3.05, 3.63) is 108 Å². The highest BCUT2D eigenvalue weighted by molar-refractivity contribution is 7.98. The minimum Gasteiger partial charge on any atom is -0.497 e. The Morgan fingerprint density at radius 2 is 1.82 bits per heavy atom. The highest BCUT2D eigenvalue weighted by Gasteiger charge is 2.30. The summed E-state index contributed by atoms with van der Waals surface area (Å²) in [7, 11) is 1.60. The first-order chi connectivity index (χ1) is 19.3. The molecule has 0 aliphatic rings. The number of alkyl halides is 3. The predicted octanol–water partition coefficient (Wildman–Crippen LogP) is 6.17. The van der Waals surface area contributed by atoms with E-state index in [0.717, 1.165) is 23.4 Å². The van der Waals surface area contributed by atoms with Gasteiger partial charge in [0, 0.05) is 17.8 Å². The van der Waals surface area contributed by atoms with Crippen LogP contribution in [0.1, 0.15) is 27.5 Å². The van der Waals surface area contributed by atoms with Gasteiger partial charge in [0.05, 0.1) is 18.4 Å². The van der Waals surface area contributed by atoms with Gasteiger partial charge >= 0.3 is 6.18 Å². The number of carbonyl (C=O) groups excluding carboxylic acids is 1. The first-order valence-corrected chi connectivity index (χ1v) is 13.0. The van der Waals surface area contributed by atoms with Crippen molar-refractivity contribution in [3.63, 3.8) is 0 Å². The SMILES string of the molecule is COc1cccc(-c2nnc(SCc3nc(C(=O)NCc4cccc(C(F)(F)F)c4)co3)n2-c2ccccc2)c1. The summed E-state index contributed by atoms with van der Waals surface area (Å²) in [6, 6.07) is 21.9. The van der Waals surface area contributed by atoms with Gasteiger partial charge in [-0.05, 0) is 42.0 Å². The van der Waals surface area contributed by atoms with Crippen LogP contribution in [0.25, 0.3) is 17.1 Å². The topological polar surface area (TPSA) is 95.1 Å². The molecule has 40 heavy (non-hydrogen) atoms. The number of rotatable bonds is 9. The van der Waals surface area contributed by atoms with E-state index in [2.05, 4.69) is 20.5 Å². The van der Waals surface area contributed by atoms with Gasteiger partial charge in [-0.2, -0.15) is 13.2 Å². The maximum Gasteiger partial charge on any atom is 0.416 e. The molecule has 0 atom stereocenters. The highest BCUT2D eigenvalue weighted by atomic mass is 32.2. The first kappa shape index (κ1) is 27.0.